The molecule has 1 aliphatic rings. The number of carbonyl (C=O) groups excluding carboxylic acids is 1. The molecule has 1 amide bonds. The predicted molar refractivity (Wildman–Crippen MR) is 116 cm³/mol. The van der Waals surface area contributed by atoms with Crippen LogP contribution < -0.4 is 9.47 Å². The number of amides is 1. The smallest absolute Gasteiger partial charge is 0.503 e. The molecule has 11 heteroatoms. The van der Waals surface area contributed by atoms with Gasteiger partial charge >= 0.3 is 6.36 Å². The third-order valence-corrected chi connectivity index (χ3v) is 4.83. The van der Waals surface area contributed by atoms with E-state index in [1.165, 1.54) is 24.3 Å². The fourth-order valence-electron chi connectivity index (χ4n) is 3.56. The third-order valence-electron chi connectivity index (χ3n) is 4.83. The van der Waals surface area contributed by atoms with Gasteiger partial charge in [-0.2, -0.15) is 0 Å². The Bertz CT molecular complexity index is 1130. The average Bonchev–Trinajstić information content (AvgIpc) is 2.81. The van der Waals surface area contributed by atoms with Crippen LogP contribution in [-0.4, -0.2) is 54.8 Å². The molecule has 1 aliphatic heterocycles. The second kappa shape index (κ2) is 8.22. The summed E-state index contributed by atoms with van der Waals surface area (Å²) >= 11 is 0. The summed E-state index contributed by atoms with van der Waals surface area (Å²) in [6.07, 6.45) is -1.52. The van der Waals surface area contributed by atoms with E-state index in [0.717, 1.165) is 0 Å². The van der Waals surface area contributed by atoms with E-state index in [-0.39, 0.29) is 18.2 Å². The molecule has 0 radical (unpaired) electrons. The number of aromatic nitrogens is 2. The standard InChI is InChI=1S/C21H18B2F3N3O3/c22-20(23)12-29(11-18-27-8-1-9-28-18)19(30)16-10-14(4-7-17(16)32-20)13-2-5-15(6-3-13)31-21(24,25)26/h1-10H,11-12,22-23H2. The molecule has 4 rings (SSSR count). The highest BCUT2D eigenvalue weighted by molar-refractivity contribution is 6.39. The molecule has 0 bridgehead atoms. The molecule has 1 aromatic heterocycles. The lowest BCUT2D eigenvalue weighted by Crippen LogP contribution is -2.48. The van der Waals surface area contributed by atoms with Gasteiger partial charge in [0.1, 0.15) is 33.0 Å². The molecule has 0 N–H and O–H groups in total. The first kappa shape index (κ1) is 21.7. The molecule has 0 atom stereocenters. The van der Waals surface area contributed by atoms with Crippen LogP contribution >= 0.6 is 0 Å². The highest BCUT2D eigenvalue weighted by Gasteiger charge is 2.34. The summed E-state index contributed by atoms with van der Waals surface area (Å²) in [6, 6.07) is 12.3. The van der Waals surface area contributed by atoms with E-state index in [4.69, 9.17) is 4.74 Å². The fraction of sp³-hybridized carbons (Fsp3) is 0.190. The zero-order valence-electron chi connectivity index (χ0n) is 17.4. The lowest BCUT2D eigenvalue weighted by Gasteiger charge is -2.29. The van der Waals surface area contributed by atoms with Gasteiger partial charge in [0.05, 0.1) is 17.5 Å². The van der Waals surface area contributed by atoms with Gasteiger partial charge in [0.25, 0.3) is 5.91 Å². The molecule has 0 saturated heterocycles. The summed E-state index contributed by atoms with van der Waals surface area (Å²) in [5.74, 6) is 0.400. The minimum atomic E-state index is -4.76. The summed E-state index contributed by atoms with van der Waals surface area (Å²) in [4.78, 5) is 23.4. The quantitative estimate of drug-likeness (QED) is 0.583. The van der Waals surface area contributed by atoms with E-state index in [9.17, 15) is 18.0 Å². The third kappa shape index (κ3) is 5.04. The Hall–Kier alpha value is -3.49. The van der Waals surface area contributed by atoms with Gasteiger partial charge in [-0.05, 0) is 41.5 Å². The van der Waals surface area contributed by atoms with Crippen LogP contribution in [0.4, 0.5) is 13.2 Å². The summed E-state index contributed by atoms with van der Waals surface area (Å²) in [5.41, 5.74) is 1.66. The Kier molecular flexibility index (Phi) is 5.58. The fourth-order valence-corrected chi connectivity index (χ4v) is 3.56. The summed E-state index contributed by atoms with van der Waals surface area (Å²) in [6.45, 7) is 0.553. The summed E-state index contributed by atoms with van der Waals surface area (Å²) < 4.78 is 47.2. The number of fused-ring (bicyclic) bond motifs is 1. The Labute approximate surface area is 184 Å². The molecule has 2 heterocycles. The lowest BCUT2D eigenvalue weighted by molar-refractivity contribution is -0.274. The zero-order chi connectivity index (χ0) is 22.9. The van der Waals surface area contributed by atoms with Crippen molar-refractivity contribution in [2.45, 2.75) is 18.3 Å². The Balaban J connectivity index is 1.65. The number of halogens is 3. The molecule has 0 aliphatic carbocycles. The molecule has 0 unspecified atom stereocenters. The van der Waals surface area contributed by atoms with Crippen LogP contribution in [0.1, 0.15) is 16.2 Å². The maximum absolute atomic E-state index is 13.4. The monoisotopic (exact) mass is 439 g/mol. The van der Waals surface area contributed by atoms with Gasteiger partial charge in [0.2, 0.25) is 0 Å². The molecule has 0 saturated carbocycles. The largest absolute Gasteiger partial charge is 0.573 e. The minimum absolute atomic E-state index is 0.222. The number of alkyl halides is 3. The van der Waals surface area contributed by atoms with E-state index < -0.39 is 11.8 Å². The Morgan fingerprint density at radius 1 is 1.06 bits per heavy atom. The van der Waals surface area contributed by atoms with E-state index in [1.807, 2.05) is 15.7 Å². The number of benzene rings is 2. The number of carbonyl (C=O) groups is 1. The van der Waals surface area contributed by atoms with Crippen LogP contribution in [0.25, 0.3) is 11.1 Å². The van der Waals surface area contributed by atoms with E-state index in [0.29, 0.717) is 34.8 Å². The van der Waals surface area contributed by atoms with E-state index in [2.05, 4.69) is 14.7 Å². The topological polar surface area (TPSA) is 64.6 Å². The number of hydrogen-bond acceptors (Lipinski definition) is 5. The van der Waals surface area contributed by atoms with Gasteiger partial charge in [-0.3, -0.25) is 4.79 Å². The average molecular weight is 439 g/mol. The normalized spacial score (nSPS) is 15.5. The zero-order valence-corrected chi connectivity index (χ0v) is 17.4. The van der Waals surface area contributed by atoms with Gasteiger partial charge in [0, 0.05) is 18.9 Å². The van der Waals surface area contributed by atoms with E-state index in [1.54, 1.807) is 41.6 Å². The van der Waals surface area contributed by atoms with Crippen LogP contribution in [0, 0.1) is 0 Å². The maximum Gasteiger partial charge on any atom is 0.573 e. The number of ether oxygens (including phenoxy) is 2. The van der Waals surface area contributed by atoms with Crippen molar-refractivity contribution in [3.8, 4) is 22.6 Å². The summed E-state index contributed by atoms with van der Waals surface area (Å²) in [5, 5.41) is -0.645. The number of rotatable bonds is 4. The maximum atomic E-state index is 13.4. The van der Waals surface area contributed by atoms with Crippen LogP contribution in [0.15, 0.2) is 60.9 Å². The first-order chi connectivity index (χ1) is 15.1. The number of hydrogen-bond donors (Lipinski definition) is 0. The van der Waals surface area contributed by atoms with Gasteiger partial charge in [-0.1, -0.05) is 18.2 Å². The first-order valence-electron chi connectivity index (χ1n) is 9.84. The molecule has 2 aromatic carbocycles. The van der Waals surface area contributed by atoms with Gasteiger partial charge < -0.3 is 14.4 Å². The highest BCUT2D eigenvalue weighted by Crippen LogP contribution is 2.33. The molecule has 0 fully saturated rings. The van der Waals surface area contributed by atoms with Crippen molar-refractivity contribution in [2.75, 3.05) is 6.54 Å². The second-order valence-corrected chi connectivity index (χ2v) is 7.97. The van der Waals surface area contributed by atoms with Crippen LogP contribution in [0.3, 0.4) is 0 Å². The molecular weight excluding hydrogens is 421 g/mol. The highest BCUT2D eigenvalue weighted by atomic mass is 19.4. The molecule has 32 heavy (non-hydrogen) atoms. The van der Waals surface area contributed by atoms with Crippen molar-refractivity contribution in [3.63, 3.8) is 0 Å². The van der Waals surface area contributed by atoms with Crippen molar-refractivity contribution >= 4 is 21.6 Å². The second-order valence-electron chi connectivity index (χ2n) is 7.97. The van der Waals surface area contributed by atoms with Crippen LogP contribution in [0.5, 0.6) is 11.5 Å². The van der Waals surface area contributed by atoms with Gasteiger partial charge in [-0.25, -0.2) is 9.97 Å². The van der Waals surface area contributed by atoms with Gasteiger partial charge in [-0.15, -0.1) is 13.2 Å². The Morgan fingerprint density at radius 3 is 2.38 bits per heavy atom. The number of nitrogens with zero attached hydrogens (tertiary/aromatic N) is 3. The molecule has 0 spiro atoms. The lowest BCUT2D eigenvalue weighted by atomic mass is 9.65. The minimum Gasteiger partial charge on any atom is -0.503 e. The first-order valence-corrected chi connectivity index (χ1v) is 9.84. The Morgan fingerprint density at radius 2 is 1.72 bits per heavy atom. The van der Waals surface area contributed by atoms with Crippen LogP contribution in [-0.2, 0) is 6.54 Å². The molecule has 162 valence electrons. The van der Waals surface area contributed by atoms with Crippen molar-refractivity contribution in [1.29, 1.82) is 0 Å². The van der Waals surface area contributed by atoms with Crippen LogP contribution in [0.2, 0.25) is 0 Å². The molecule has 6 nitrogen and oxygen atoms in total. The molecule has 3 aromatic rings. The van der Waals surface area contributed by atoms with Crippen molar-refractivity contribution in [2.24, 2.45) is 0 Å². The van der Waals surface area contributed by atoms with E-state index >= 15 is 0 Å². The van der Waals surface area contributed by atoms with Gasteiger partial charge in [0.15, 0.2) is 0 Å². The summed E-state index contributed by atoms with van der Waals surface area (Å²) in [7, 11) is 3.78. The van der Waals surface area contributed by atoms with Crippen molar-refractivity contribution in [3.05, 3.63) is 72.3 Å². The van der Waals surface area contributed by atoms with Crippen molar-refractivity contribution in [1.82, 2.24) is 14.9 Å². The molecular formula is C21H18B2F3N3O3. The SMILES string of the molecule is BC1(B)CN(Cc2ncccn2)C(=O)c2cc(-c3ccc(OC(F)(F)F)cc3)ccc2O1. The van der Waals surface area contributed by atoms with Crippen molar-refractivity contribution < 1.29 is 27.4 Å². The predicted octanol–water partition coefficient (Wildman–Crippen LogP) is 2.00.